The number of nitrogens with zero attached hydrogens (tertiary/aromatic N) is 1. The van der Waals surface area contributed by atoms with Crippen LogP contribution in [0.3, 0.4) is 0 Å². The smallest absolute Gasteiger partial charge is 0.223 e. The molecular formula is C11H14BrFN2O. The largest absolute Gasteiger partial charge is 0.341 e. The van der Waals surface area contributed by atoms with E-state index in [1.807, 2.05) is 0 Å². The van der Waals surface area contributed by atoms with Crippen molar-refractivity contribution in [3.8, 4) is 0 Å². The van der Waals surface area contributed by atoms with E-state index in [1.54, 1.807) is 19.2 Å². The predicted octanol–water partition coefficient (Wildman–Crippen LogP) is 1.90. The molecule has 0 saturated heterocycles. The number of carbonyl (C=O) groups is 1. The van der Waals surface area contributed by atoms with E-state index in [2.05, 4.69) is 15.9 Å². The topological polar surface area (TPSA) is 46.3 Å². The molecule has 0 fully saturated rings. The van der Waals surface area contributed by atoms with Crippen molar-refractivity contribution in [1.82, 2.24) is 4.90 Å². The molecule has 0 spiro atoms. The van der Waals surface area contributed by atoms with Crippen molar-refractivity contribution in [1.29, 1.82) is 0 Å². The Balaban J connectivity index is 2.72. The van der Waals surface area contributed by atoms with Gasteiger partial charge in [-0.25, -0.2) is 4.39 Å². The molecule has 0 aliphatic carbocycles. The van der Waals surface area contributed by atoms with E-state index in [-0.39, 0.29) is 24.7 Å². The molecule has 0 aliphatic rings. The van der Waals surface area contributed by atoms with E-state index in [1.165, 1.54) is 11.0 Å². The second kappa shape index (κ2) is 5.96. The molecule has 1 amide bonds. The molecule has 5 heteroatoms. The van der Waals surface area contributed by atoms with Crippen LogP contribution >= 0.6 is 15.9 Å². The lowest BCUT2D eigenvalue weighted by Gasteiger charge is -2.17. The van der Waals surface area contributed by atoms with Crippen LogP contribution < -0.4 is 5.73 Å². The Kier molecular flexibility index (Phi) is 4.89. The van der Waals surface area contributed by atoms with Gasteiger partial charge in [0.25, 0.3) is 0 Å². The van der Waals surface area contributed by atoms with Gasteiger partial charge in [-0.05, 0) is 18.2 Å². The van der Waals surface area contributed by atoms with Crippen LogP contribution in [-0.2, 0) is 11.3 Å². The van der Waals surface area contributed by atoms with Crippen LogP contribution in [0.25, 0.3) is 0 Å². The first-order valence-electron chi connectivity index (χ1n) is 4.92. The number of hydrogen-bond donors (Lipinski definition) is 1. The maximum absolute atomic E-state index is 13.4. The van der Waals surface area contributed by atoms with Crippen molar-refractivity contribution in [2.75, 3.05) is 13.6 Å². The minimum absolute atomic E-state index is 0.0816. The zero-order valence-corrected chi connectivity index (χ0v) is 10.6. The third-order valence-electron chi connectivity index (χ3n) is 2.20. The highest BCUT2D eigenvalue weighted by Gasteiger charge is 2.11. The zero-order chi connectivity index (χ0) is 12.1. The highest BCUT2D eigenvalue weighted by molar-refractivity contribution is 9.10. The maximum Gasteiger partial charge on any atom is 0.223 e. The fourth-order valence-electron chi connectivity index (χ4n) is 1.32. The fraction of sp³-hybridized carbons (Fsp3) is 0.364. The van der Waals surface area contributed by atoms with Gasteiger partial charge in [0.15, 0.2) is 0 Å². The number of carbonyl (C=O) groups excluding carboxylic acids is 1. The average Bonchev–Trinajstić information content (AvgIpc) is 2.23. The van der Waals surface area contributed by atoms with Crippen LogP contribution in [0, 0.1) is 5.82 Å². The number of rotatable bonds is 4. The first-order valence-corrected chi connectivity index (χ1v) is 5.72. The number of nitrogens with two attached hydrogens (primary N) is 1. The fourth-order valence-corrected chi connectivity index (χ4v) is 1.73. The van der Waals surface area contributed by atoms with E-state index in [4.69, 9.17) is 5.73 Å². The summed E-state index contributed by atoms with van der Waals surface area (Å²) >= 11 is 3.26. The maximum atomic E-state index is 13.4. The molecule has 1 aromatic rings. The molecule has 0 atom stereocenters. The lowest BCUT2D eigenvalue weighted by Crippen LogP contribution is -2.28. The van der Waals surface area contributed by atoms with Crippen LogP contribution in [0.4, 0.5) is 4.39 Å². The summed E-state index contributed by atoms with van der Waals surface area (Å²) in [5, 5.41) is 0. The Bertz CT molecular complexity index is 384. The number of benzene rings is 1. The summed E-state index contributed by atoms with van der Waals surface area (Å²) in [5.74, 6) is -0.391. The van der Waals surface area contributed by atoms with Crippen molar-refractivity contribution < 1.29 is 9.18 Å². The van der Waals surface area contributed by atoms with E-state index in [0.717, 1.165) is 4.47 Å². The van der Waals surface area contributed by atoms with E-state index in [0.29, 0.717) is 12.1 Å². The van der Waals surface area contributed by atoms with Crippen molar-refractivity contribution >= 4 is 21.8 Å². The molecule has 2 N–H and O–H groups in total. The molecule has 88 valence electrons. The van der Waals surface area contributed by atoms with Gasteiger partial charge < -0.3 is 10.6 Å². The van der Waals surface area contributed by atoms with Gasteiger partial charge in [0, 0.05) is 36.6 Å². The van der Waals surface area contributed by atoms with Gasteiger partial charge in [0.05, 0.1) is 0 Å². The molecule has 0 aliphatic heterocycles. The summed E-state index contributed by atoms with van der Waals surface area (Å²) in [7, 11) is 1.64. The van der Waals surface area contributed by atoms with E-state index >= 15 is 0 Å². The lowest BCUT2D eigenvalue weighted by atomic mass is 10.2. The number of halogens is 2. The van der Waals surface area contributed by atoms with Gasteiger partial charge in [0.2, 0.25) is 5.91 Å². The minimum atomic E-state index is -0.310. The zero-order valence-electron chi connectivity index (χ0n) is 9.04. The van der Waals surface area contributed by atoms with Gasteiger partial charge in [-0.15, -0.1) is 0 Å². The highest BCUT2D eigenvalue weighted by atomic mass is 79.9. The summed E-state index contributed by atoms with van der Waals surface area (Å²) in [5.41, 5.74) is 5.77. The molecule has 0 unspecified atom stereocenters. The van der Waals surface area contributed by atoms with Crippen LogP contribution in [0.5, 0.6) is 0 Å². The normalized spacial score (nSPS) is 10.2. The molecule has 0 bridgehead atoms. The SMILES string of the molecule is CN(Cc1cc(Br)ccc1F)C(=O)CCN. The second-order valence-electron chi connectivity index (χ2n) is 3.52. The first-order chi connectivity index (χ1) is 7.54. The Labute approximate surface area is 103 Å². The van der Waals surface area contributed by atoms with Crippen LogP contribution in [-0.4, -0.2) is 24.4 Å². The average molecular weight is 289 g/mol. The van der Waals surface area contributed by atoms with Crippen molar-refractivity contribution in [3.63, 3.8) is 0 Å². The quantitative estimate of drug-likeness (QED) is 0.920. The van der Waals surface area contributed by atoms with E-state index in [9.17, 15) is 9.18 Å². The summed E-state index contributed by atoms with van der Waals surface area (Å²) in [4.78, 5) is 12.9. The van der Waals surface area contributed by atoms with Crippen molar-refractivity contribution in [2.45, 2.75) is 13.0 Å². The molecule has 0 heterocycles. The summed E-state index contributed by atoms with van der Waals surface area (Å²) in [6.07, 6.45) is 0.284. The monoisotopic (exact) mass is 288 g/mol. The van der Waals surface area contributed by atoms with Crippen LogP contribution in [0.2, 0.25) is 0 Å². The molecule has 0 aromatic heterocycles. The molecule has 0 saturated carbocycles. The Morgan fingerprint density at radius 1 is 1.56 bits per heavy atom. The first kappa shape index (κ1) is 13.1. The Hall–Kier alpha value is -0.940. The van der Waals surface area contributed by atoms with Crippen LogP contribution in [0.15, 0.2) is 22.7 Å². The predicted molar refractivity (Wildman–Crippen MR) is 64.2 cm³/mol. The molecule has 1 aromatic carbocycles. The third-order valence-corrected chi connectivity index (χ3v) is 2.69. The Morgan fingerprint density at radius 2 is 2.25 bits per heavy atom. The number of hydrogen-bond acceptors (Lipinski definition) is 2. The van der Waals surface area contributed by atoms with Gasteiger partial charge >= 0.3 is 0 Å². The molecule has 3 nitrogen and oxygen atoms in total. The van der Waals surface area contributed by atoms with Gasteiger partial charge in [-0.2, -0.15) is 0 Å². The lowest BCUT2D eigenvalue weighted by molar-refractivity contribution is -0.130. The van der Waals surface area contributed by atoms with Gasteiger partial charge in [0.1, 0.15) is 5.82 Å². The highest BCUT2D eigenvalue weighted by Crippen LogP contribution is 2.16. The number of amides is 1. The second-order valence-corrected chi connectivity index (χ2v) is 4.44. The molecule has 16 heavy (non-hydrogen) atoms. The minimum Gasteiger partial charge on any atom is -0.341 e. The summed E-state index contributed by atoms with van der Waals surface area (Å²) in [6.45, 7) is 0.564. The van der Waals surface area contributed by atoms with Crippen molar-refractivity contribution in [2.24, 2.45) is 5.73 Å². The molecule has 1 rings (SSSR count). The van der Waals surface area contributed by atoms with Crippen LogP contribution in [0.1, 0.15) is 12.0 Å². The van der Waals surface area contributed by atoms with Gasteiger partial charge in [-0.1, -0.05) is 15.9 Å². The van der Waals surface area contributed by atoms with Gasteiger partial charge in [-0.3, -0.25) is 4.79 Å². The molecule has 0 radical (unpaired) electrons. The standard InChI is InChI=1S/C11H14BrFN2O/c1-15(11(16)4-5-14)7-8-6-9(12)2-3-10(8)13/h2-3,6H,4-5,7,14H2,1H3. The summed E-state index contributed by atoms with van der Waals surface area (Å²) in [6, 6.07) is 4.67. The Morgan fingerprint density at radius 3 is 2.88 bits per heavy atom. The third kappa shape index (κ3) is 3.57. The summed E-state index contributed by atoms with van der Waals surface area (Å²) < 4.78 is 14.2. The van der Waals surface area contributed by atoms with Crippen molar-refractivity contribution in [3.05, 3.63) is 34.1 Å². The van der Waals surface area contributed by atoms with E-state index < -0.39 is 0 Å². The molecular weight excluding hydrogens is 275 g/mol.